The number of carbonyl (C=O) groups is 1. The van der Waals surface area contributed by atoms with Crippen molar-refractivity contribution in [2.24, 2.45) is 4.99 Å². The molecule has 6 nitrogen and oxygen atoms in total. The summed E-state index contributed by atoms with van der Waals surface area (Å²) < 4.78 is 19.4. The van der Waals surface area contributed by atoms with Crippen LogP contribution in [0.2, 0.25) is 0 Å². The van der Waals surface area contributed by atoms with Gasteiger partial charge in [-0.15, -0.1) is 6.58 Å². The number of guanidine groups is 1. The number of rotatable bonds is 9. The molecule has 2 N–H and O–H groups in total. The maximum absolute atomic E-state index is 13.7. The van der Waals surface area contributed by atoms with Gasteiger partial charge in [0.15, 0.2) is 17.5 Å². The zero-order valence-electron chi connectivity index (χ0n) is 15.1. The molecule has 0 saturated heterocycles. The van der Waals surface area contributed by atoms with Gasteiger partial charge in [-0.3, -0.25) is 4.79 Å². The molecule has 0 radical (unpaired) electrons. The summed E-state index contributed by atoms with van der Waals surface area (Å²) >= 11 is 0. The first-order valence-electron chi connectivity index (χ1n) is 8.22. The van der Waals surface area contributed by atoms with Gasteiger partial charge in [-0.1, -0.05) is 25.1 Å². The van der Waals surface area contributed by atoms with Crippen LogP contribution in [0.4, 0.5) is 4.39 Å². The molecule has 0 aliphatic carbocycles. The third-order valence-corrected chi connectivity index (χ3v) is 3.37. The van der Waals surface area contributed by atoms with Crippen LogP contribution in [0.25, 0.3) is 0 Å². The number of aliphatic imine (C=N–C) groups is 1. The largest absolute Gasteiger partial charge is 0.486 e. The summed E-state index contributed by atoms with van der Waals surface area (Å²) in [6.07, 6.45) is 2.14. The van der Waals surface area contributed by atoms with Crippen LogP contribution >= 0.6 is 0 Å². The van der Waals surface area contributed by atoms with E-state index < -0.39 is 5.82 Å². The quantitative estimate of drug-likeness (QED) is 0.405. The van der Waals surface area contributed by atoms with Crippen molar-refractivity contribution < 1.29 is 13.9 Å². The van der Waals surface area contributed by atoms with Gasteiger partial charge >= 0.3 is 0 Å². The fourth-order valence-corrected chi connectivity index (χ4v) is 1.83. The van der Waals surface area contributed by atoms with Crippen molar-refractivity contribution in [1.82, 2.24) is 15.5 Å². The molecule has 25 heavy (non-hydrogen) atoms. The Hall–Kier alpha value is -2.57. The normalized spacial score (nSPS) is 12.2. The molecular weight excluding hydrogens is 323 g/mol. The van der Waals surface area contributed by atoms with E-state index in [1.165, 1.54) is 11.0 Å². The zero-order chi connectivity index (χ0) is 18.7. The maximum Gasteiger partial charge on any atom is 0.243 e. The van der Waals surface area contributed by atoms with Crippen LogP contribution in [0.15, 0.2) is 41.9 Å². The van der Waals surface area contributed by atoms with Gasteiger partial charge in [0.1, 0.15) is 12.6 Å². The molecule has 0 aliphatic heterocycles. The molecule has 0 aromatic heterocycles. The Balaban J connectivity index is 2.65. The minimum Gasteiger partial charge on any atom is -0.486 e. The summed E-state index contributed by atoms with van der Waals surface area (Å²) in [7, 11) is 3.36. The Morgan fingerprint density at radius 2 is 2.12 bits per heavy atom. The minimum atomic E-state index is -0.392. The van der Waals surface area contributed by atoms with Gasteiger partial charge < -0.3 is 20.3 Å². The zero-order valence-corrected chi connectivity index (χ0v) is 15.1. The molecule has 1 aromatic rings. The predicted molar refractivity (Wildman–Crippen MR) is 98.3 cm³/mol. The molecule has 1 atom stereocenters. The number of benzene rings is 1. The molecule has 138 valence electrons. The molecule has 1 aromatic carbocycles. The Kier molecular flexibility index (Phi) is 9.06. The fourth-order valence-electron chi connectivity index (χ4n) is 1.83. The molecule has 1 amide bonds. The first-order chi connectivity index (χ1) is 12.0. The lowest BCUT2D eigenvalue weighted by atomic mass is 10.2. The first-order valence-corrected chi connectivity index (χ1v) is 8.22. The van der Waals surface area contributed by atoms with Gasteiger partial charge in [-0.05, 0) is 18.6 Å². The second-order valence-corrected chi connectivity index (χ2v) is 5.58. The number of para-hydroxylation sites is 1. The van der Waals surface area contributed by atoms with Crippen molar-refractivity contribution in [3.63, 3.8) is 0 Å². The molecule has 7 heteroatoms. The van der Waals surface area contributed by atoms with Crippen LogP contribution in [-0.2, 0) is 4.79 Å². The van der Waals surface area contributed by atoms with Gasteiger partial charge in [0.05, 0.1) is 6.54 Å². The van der Waals surface area contributed by atoms with Gasteiger partial charge in [0.2, 0.25) is 5.91 Å². The smallest absolute Gasteiger partial charge is 0.243 e. The second kappa shape index (κ2) is 11.1. The lowest BCUT2D eigenvalue weighted by molar-refractivity contribution is -0.127. The Bertz CT molecular complexity index is 590. The van der Waals surface area contributed by atoms with E-state index in [1.54, 1.807) is 38.4 Å². The van der Waals surface area contributed by atoms with Crippen molar-refractivity contribution in [3.05, 3.63) is 42.7 Å². The number of ether oxygens (including phenoxy) is 1. The van der Waals surface area contributed by atoms with Crippen molar-refractivity contribution in [1.29, 1.82) is 0 Å². The Morgan fingerprint density at radius 1 is 1.40 bits per heavy atom. The Morgan fingerprint density at radius 3 is 2.72 bits per heavy atom. The van der Waals surface area contributed by atoms with Gasteiger partial charge in [0.25, 0.3) is 0 Å². The number of amides is 1. The second-order valence-electron chi connectivity index (χ2n) is 5.58. The summed E-state index contributed by atoms with van der Waals surface area (Å²) in [6.45, 7) is 6.56. The molecule has 1 rings (SSSR count). The average molecular weight is 350 g/mol. The third kappa shape index (κ3) is 7.69. The number of halogens is 1. The average Bonchev–Trinajstić information content (AvgIpc) is 2.60. The van der Waals surface area contributed by atoms with Crippen LogP contribution in [0.3, 0.4) is 0 Å². The molecule has 1 unspecified atom stereocenters. The SMILES string of the molecule is C=CCNC(=NCC(=O)N(C)C)NCC(CC)Oc1ccccc1F. The highest BCUT2D eigenvalue weighted by molar-refractivity contribution is 5.84. The van der Waals surface area contributed by atoms with Crippen molar-refractivity contribution in [2.75, 3.05) is 33.7 Å². The molecule has 0 heterocycles. The highest BCUT2D eigenvalue weighted by Crippen LogP contribution is 2.17. The van der Waals surface area contributed by atoms with Gasteiger partial charge in [-0.2, -0.15) is 0 Å². The van der Waals surface area contributed by atoms with Crippen LogP contribution in [0, 0.1) is 5.82 Å². The maximum atomic E-state index is 13.7. The van der Waals surface area contributed by atoms with E-state index in [9.17, 15) is 9.18 Å². The molecule has 0 fully saturated rings. The van der Waals surface area contributed by atoms with Crippen LogP contribution in [0.1, 0.15) is 13.3 Å². The molecule has 0 saturated carbocycles. The number of carbonyl (C=O) groups excluding carboxylic acids is 1. The number of nitrogens with zero attached hydrogens (tertiary/aromatic N) is 2. The number of hydrogen-bond donors (Lipinski definition) is 2. The van der Waals surface area contributed by atoms with Crippen molar-refractivity contribution >= 4 is 11.9 Å². The van der Waals surface area contributed by atoms with Crippen LogP contribution in [0.5, 0.6) is 5.75 Å². The monoisotopic (exact) mass is 350 g/mol. The van der Waals surface area contributed by atoms with Crippen LogP contribution < -0.4 is 15.4 Å². The number of hydrogen-bond acceptors (Lipinski definition) is 3. The topological polar surface area (TPSA) is 66.0 Å². The summed E-state index contributed by atoms with van der Waals surface area (Å²) in [4.78, 5) is 17.4. The van der Waals surface area contributed by atoms with E-state index >= 15 is 0 Å². The van der Waals surface area contributed by atoms with E-state index in [4.69, 9.17) is 4.74 Å². The highest BCUT2D eigenvalue weighted by Gasteiger charge is 2.12. The first kappa shape index (κ1) is 20.5. The molecule has 0 spiro atoms. The lowest BCUT2D eigenvalue weighted by Gasteiger charge is -2.20. The molecular formula is C18H27FN4O2. The van der Waals surface area contributed by atoms with Crippen molar-refractivity contribution in [3.8, 4) is 5.75 Å². The fraction of sp³-hybridized carbons (Fsp3) is 0.444. The summed E-state index contributed by atoms with van der Waals surface area (Å²) in [5.41, 5.74) is 0. The number of likely N-dealkylation sites (N-methyl/N-ethyl adjacent to an activating group) is 1. The highest BCUT2D eigenvalue weighted by atomic mass is 19.1. The van der Waals surface area contributed by atoms with E-state index in [-0.39, 0.29) is 24.3 Å². The van der Waals surface area contributed by atoms with E-state index in [0.717, 1.165) is 0 Å². The summed E-state index contributed by atoms with van der Waals surface area (Å²) in [5.74, 6) is 0.202. The van der Waals surface area contributed by atoms with E-state index in [0.29, 0.717) is 25.5 Å². The van der Waals surface area contributed by atoms with Gasteiger partial charge in [0, 0.05) is 20.6 Å². The number of nitrogens with one attached hydrogen (secondary N) is 2. The standard InChI is InChI=1S/C18H27FN4O2/c1-5-11-20-18(22-13-17(24)23(3)4)21-12-14(6-2)25-16-10-8-7-9-15(16)19/h5,7-10,14H,1,6,11-13H2,2-4H3,(H2,20,21,22). The third-order valence-electron chi connectivity index (χ3n) is 3.37. The van der Waals surface area contributed by atoms with E-state index in [1.807, 2.05) is 6.92 Å². The van der Waals surface area contributed by atoms with Crippen LogP contribution in [-0.4, -0.2) is 56.6 Å². The van der Waals surface area contributed by atoms with E-state index in [2.05, 4.69) is 22.2 Å². The minimum absolute atomic E-state index is 0.0322. The summed E-state index contributed by atoms with van der Waals surface area (Å²) in [5, 5.41) is 6.15. The summed E-state index contributed by atoms with van der Waals surface area (Å²) in [6, 6.07) is 6.30. The lowest BCUT2D eigenvalue weighted by Crippen LogP contribution is -2.43. The van der Waals surface area contributed by atoms with Crippen molar-refractivity contribution in [2.45, 2.75) is 19.4 Å². The predicted octanol–water partition coefficient (Wildman–Crippen LogP) is 1.79. The Labute approximate surface area is 148 Å². The van der Waals surface area contributed by atoms with Gasteiger partial charge in [-0.25, -0.2) is 9.38 Å². The molecule has 0 aliphatic rings. The molecule has 0 bridgehead atoms.